The summed E-state index contributed by atoms with van der Waals surface area (Å²) in [7, 11) is 0. The molecule has 1 atom stereocenters. The number of hydrogen-bond donors (Lipinski definition) is 0. The van der Waals surface area contributed by atoms with Crippen LogP contribution in [0.4, 0.5) is 0 Å². The molecular weight excluding hydrogens is 248 g/mol. The lowest BCUT2D eigenvalue weighted by atomic mass is 9.78. The summed E-state index contributed by atoms with van der Waals surface area (Å²) in [5.41, 5.74) is 3.25. The minimum absolute atomic E-state index is 0.230. The first-order valence-electron chi connectivity index (χ1n) is 7.14. The van der Waals surface area contributed by atoms with Crippen LogP contribution < -0.4 is 4.74 Å². The van der Waals surface area contributed by atoms with Crippen LogP contribution in [-0.2, 0) is 0 Å². The van der Waals surface area contributed by atoms with Gasteiger partial charge in [-0.15, -0.1) is 0 Å². The van der Waals surface area contributed by atoms with Gasteiger partial charge in [-0.3, -0.25) is 4.79 Å². The van der Waals surface area contributed by atoms with Gasteiger partial charge in [-0.05, 0) is 36.6 Å². The number of ketones is 1. The summed E-state index contributed by atoms with van der Waals surface area (Å²) < 4.78 is 5.51. The maximum atomic E-state index is 12.2. The predicted octanol–water partition coefficient (Wildman–Crippen LogP) is 4.19. The van der Waals surface area contributed by atoms with Gasteiger partial charge in [0.1, 0.15) is 5.75 Å². The second kappa shape index (κ2) is 5.49. The molecule has 0 radical (unpaired) electrons. The quantitative estimate of drug-likeness (QED) is 0.832. The molecule has 1 aliphatic rings. The van der Waals surface area contributed by atoms with Gasteiger partial charge in [0.15, 0.2) is 5.78 Å². The normalized spacial score (nSPS) is 17.6. The third kappa shape index (κ3) is 2.34. The van der Waals surface area contributed by atoms with Crippen LogP contribution in [0, 0.1) is 0 Å². The van der Waals surface area contributed by atoms with E-state index >= 15 is 0 Å². The van der Waals surface area contributed by atoms with Crippen molar-refractivity contribution in [3.8, 4) is 5.75 Å². The molecule has 102 valence electrons. The Kier molecular flexibility index (Phi) is 3.55. The van der Waals surface area contributed by atoms with Crippen molar-refractivity contribution in [1.29, 1.82) is 0 Å². The molecule has 0 spiro atoms. The van der Waals surface area contributed by atoms with Gasteiger partial charge in [-0.2, -0.15) is 0 Å². The minimum atomic E-state index is 0.230. The van der Waals surface area contributed by atoms with E-state index in [-0.39, 0.29) is 5.78 Å². The van der Waals surface area contributed by atoms with Gasteiger partial charge < -0.3 is 4.74 Å². The fraction of sp³-hybridized carbons (Fsp3) is 0.278. The smallest absolute Gasteiger partial charge is 0.163 e. The van der Waals surface area contributed by atoms with Gasteiger partial charge in [0.25, 0.3) is 0 Å². The van der Waals surface area contributed by atoms with E-state index in [1.807, 2.05) is 25.1 Å². The molecule has 0 aliphatic heterocycles. The summed E-state index contributed by atoms with van der Waals surface area (Å²) in [4.78, 5) is 12.2. The molecule has 2 aromatic carbocycles. The molecule has 0 unspecified atom stereocenters. The topological polar surface area (TPSA) is 26.3 Å². The van der Waals surface area contributed by atoms with Crippen molar-refractivity contribution in [2.24, 2.45) is 0 Å². The lowest BCUT2D eigenvalue weighted by Crippen LogP contribution is -2.16. The zero-order valence-electron chi connectivity index (χ0n) is 11.6. The lowest BCUT2D eigenvalue weighted by molar-refractivity contribution is 0.0969. The minimum Gasteiger partial charge on any atom is -0.494 e. The average molecular weight is 266 g/mol. The molecule has 0 saturated heterocycles. The first-order chi connectivity index (χ1) is 9.79. The van der Waals surface area contributed by atoms with E-state index in [9.17, 15) is 4.79 Å². The van der Waals surface area contributed by atoms with E-state index in [4.69, 9.17) is 4.74 Å². The second-order valence-corrected chi connectivity index (χ2v) is 5.11. The van der Waals surface area contributed by atoms with Crippen LogP contribution in [0.5, 0.6) is 5.75 Å². The Labute approximate surface area is 119 Å². The number of benzene rings is 2. The highest BCUT2D eigenvalue weighted by atomic mass is 16.5. The van der Waals surface area contributed by atoms with E-state index in [0.717, 1.165) is 23.3 Å². The van der Waals surface area contributed by atoms with E-state index < -0.39 is 0 Å². The van der Waals surface area contributed by atoms with Gasteiger partial charge >= 0.3 is 0 Å². The fourth-order valence-electron chi connectivity index (χ4n) is 2.93. The van der Waals surface area contributed by atoms with Crippen molar-refractivity contribution in [2.45, 2.75) is 25.7 Å². The molecule has 0 saturated carbocycles. The summed E-state index contributed by atoms with van der Waals surface area (Å²) in [5.74, 6) is 1.33. The number of rotatable bonds is 3. The molecule has 2 nitrogen and oxygen atoms in total. The molecule has 0 aromatic heterocycles. The Balaban J connectivity index is 2.03. The molecule has 0 amide bonds. The molecule has 0 heterocycles. The Morgan fingerprint density at radius 2 is 1.95 bits per heavy atom. The maximum Gasteiger partial charge on any atom is 0.163 e. The molecule has 20 heavy (non-hydrogen) atoms. The van der Waals surface area contributed by atoms with Crippen LogP contribution in [0.1, 0.15) is 47.2 Å². The van der Waals surface area contributed by atoms with Crippen LogP contribution in [0.2, 0.25) is 0 Å². The average Bonchev–Trinajstić information content (AvgIpc) is 2.49. The first-order valence-corrected chi connectivity index (χ1v) is 7.14. The number of ether oxygens (including phenoxy) is 1. The number of hydrogen-bond acceptors (Lipinski definition) is 2. The van der Waals surface area contributed by atoms with Gasteiger partial charge in [-0.25, -0.2) is 0 Å². The Hall–Kier alpha value is -2.09. The second-order valence-electron chi connectivity index (χ2n) is 5.11. The van der Waals surface area contributed by atoms with Crippen molar-refractivity contribution < 1.29 is 9.53 Å². The van der Waals surface area contributed by atoms with Crippen molar-refractivity contribution in [2.75, 3.05) is 6.61 Å². The third-order valence-electron chi connectivity index (χ3n) is 3.87. The van der Waals surface area contributed by atoms with E-state index in [1.54, 1.807) is 0 Å². The molecule has 2 aromatic rings. The predicted molar refractivity (Wildman–Crippen MR) is 79.5 cm³/mol. The SMILES string of the molecule is CCOc1ccc2c(c1)C(=O)CC[C@@H]2c1ccccc1. The molecule has 1 aliphatic carbocycles. The van der Waals surface area contributed by atoms with Gasteiger partial charge in [-0.1, -0.05) is 36.4 Å². The molecule has 0 N–H and O–H groups in total. The van der Waals surface area contributed by atoms with E-state index in [0.29, 0.717) is 18.9 Å². The van der Waals surface area contributed by atoms with Crippen molar-refractivity contribution in [3.05, 3.63) is 65.2 Å². The zero-order chi connectivity index (χ0) is 13.9. The van der Waals surface area contributed by atoms with E-state index in [1.165, 1.54) is 5.56 Å². The van der Waals surface area contributed by atoms with Crippen molar-refractivity contribution >= 4 is 5.78 Å². The van der Waals surface area contributed by atoms with Gasteiger partial charge in [0.05, 0.1) is 6.61 Å². The summed E-state index contributed by atoms with van der Waals surface area (Å²) in [6.07, 6.45) is 1.51. The first kappa shape index (κ1) is 12.9. The van der Waals surface area contributed by atoms with Crippen molar-refractivity contribution in [1.82, 2.24) is 0 Å². The number of fused-ring (bicyclic) bond motifs is 1. The molecule has 2 heteroatoms. The number of carbonyl (C=O) groups is 1. The Bertz CT molecular complexity index is 617. The van der Waals surface area contributed by atoms with Gasteiger partial charge in [0, 0.05) is 17.9 Å². The standard InChI is InChI=1S/C18H18O2/c1-2-20-14-8-9-16-15(13-6-4-3-5-7-13)10-11-18(19)17(16)12-14/h3-9,12,15H,2,10-11H2,1H3/t15-/m1/s1. The van der Waals surface area contributed by atoms with Crippen LogP contribution in [0.15, 0.2) is 48.5 Å². The van der Waals surface area contributed by atoms with Crippen molar-refractivity contribution in [3.63, 3.8) is 0 Å². The number of carbonyl (C=O) groups excluding carboxylic acids is 1. The fourth-order valence-corrected chi connectivity index (χ4v) is 2.93. The van der Waals surface area contributed by atoms with Crippen LogP contribution >= 0.6 is 0 Å². The highest BCUT2D eigenvalue weighted by molar-refractivity contribution is 5.99. The molecule has 0 bridgehead atoms. The maximum absolute atomic E-state index is 12.2. The zero-order valence-corrected chi connectivity index (χ0v) is 11.6. The summed E-state index contributed by atoms with van der Waals surface area (Å²) in [5, 5.41) is 0. The summed E-state index contributed by atoms with van der Waals surface area (Å²) in [6, 6.07) is 16.3. The molecule has 0 fully saturated rings. The molecule has 3 rings (SSSR count). The third-order valence-corrected chi connectivity index (χ3v) is 3.87. The largest absolute Gasteiger partial charge is 0.494 e. The lowest BCUT2D eigenvalue weighted by Gasteiger charge is -2.25. The van der Waals surface area contributed by atoms with E-state index in [2.05, 4.69) is 30.3 Å². The Morgan fingerprint density at radius 1 is 1.15 bits per heavy atom. The summed E-state index contributed by atoms with van der Waals surface area (Å²) >= 11 is 0. The van der Waals surface area contributed by atoms with Crippen LogP contribution in [0.3, 0.4) is 0 Å². The highest BCUT2D eigenvalue weighted by Crippen LogP contribution is 2.37. The summed E-state index contributed by atoms with van der Waals surface area (Å²) in [6.45, 7) is 2.57. The Morgan fingerprint density at radius 3 is 2.70 bits per heavy atom. The number of Topliss-reactive ketones (excluding diaryl/α,β-unsaturated/α-hetero) is 1. The molecular formula is C18H18O2. The van der Waals surface area contributed by atoms with Crippen LogP contribution in [0.25, 0.3) is 0 Å². The monoisotopic (exact) mass is 266 g/mol. The van der Waals surface area contributed by atoms with Gasteiger partial charge in [0.2, 0.25) is 0 Å². The van der Waals surface area contributed by atoms with Crippen LogP contribution in [-0.4, -0.2) is 12.4 Å². The highest BCUT2D eigenvalue weighted by Gasteiger charge is 2.26.